The van der Waals surface area contributed by atoms with E-state index in [4.69, 9.17) is 11.6 Å². The molecule has 4 rings (SSSR count). The van der Waals surface area contributed by atoms with Crippen LogP contribution in [0.25, 0.3) is 10.4 Å². The third kappa shape index (κ3) is 5.86. The van der Waals surface area contributed by atoms with Crippen molar-refractivity contribution >= 4 is 34.8 Å². The molecule has 36 heavy (non-hydrogen) atoms. The molecule has 10 heteroatoms. The monoisotopic (exact) mass is 527 g/mol. The molecule has 1 atom stereocenters. The Hall–Kier alpha value is -3.01. The van der Waals surface area contributed by atoms with Crippen LogP contribution in [-0.4, -0.2) is 46.6 Å². The smallest absolute Gasteiger partial charge is 0.272 e. The fourth-order valence-corrected chi connectivity index (χ4v) is 5.66. The van der Waals surface area contributed by atoms with Gasteiger partial charge < -0.3 is 15.5 Å². The second kappa shape index (κ2) is 11.4. The van der Waals surface area contributed by atoms with Crippen molar-refractivity contribution in [3.63, 3.8) is 0 Å². The van der Waals surface area contributed by atoms with Gasteiger partial charge in [-0.05, 0) is 68.3 Å². The number of rotatable bonds is 7. The molecule has 190 valence electrons. The van der Waals surface area contributed by atoms with Crippen LogP contribution in [0.2, 0.25) is 5.02 Å². The molecule has 1 saturated heterocycles. The molecule has 0 bridgehead atoms. The number of piperidine rings is 1. The first kappa shape index (κ1) is 26.1. The maximum atomic E-state index is 13.0. The molecule has 1 fully saturated rings. The molecule has 8 nitrogen and oxygen atoms in total. The van der Waals surface area contributed by atoms with Gasteiger partial charge in [0.2, 0.25) is 5.91 Å². The number of benzene rings is 1. The third-order valence-corrected chi connectivity index (χ3v) is 7.96. The highest BCUT2D eigenvalue weighted by Gasteiger charge is 2.24. The summed E-state index contributed by atoms with van der Waals surface area (Å²) in [4.78, 5) is 40.9. The van der Waals surface area contributed by atoms with E-state index >= 15 is 0 Å². The summed E-state index contributed by atoms with van der Waals surface area (Å²) < 4.78 is 1.39. The maximum Gasteiger partial charge on any atom is 0.272 e. The largest absolute Gasteiger partial charge is 0.343 e. The van der Waals surface area contributed by atoms with Crippen molar-refractivity contribution in [2.75, 3.05) is 20.1 Å². The van der Waals surface area contributed by atoms with Crippen molar-refractivity contribution in [1.82, 2.24) is 25.3 Å². The molecule has 1 aliphatic heterocycles. The van der Waals surface area contributed by atoms with E-state index in [9.17, 15) is 14.4 Å². The van der Waals surface area contributed by atoms with Gasteiger partial charge in [-0.2, -0.15) is 5.10 Å². The number of likely N-dealkylation sites (tertiary alicyclic amines) is 1. The second-order valence-corrected chi connectivity index (χ2v) is 10.5. The number of hydrogen-bond acceptors (Lipinski definition) is 6. The van der Waals surface area contributed by atoms with E-state index in [1.807, 2.05) is 44.3 Å². The highest BCUT2D eigenvalue weighted by atomic mass is 35.5. The molecule has 0 spiro atoms. The Morgan fingerprint density at radius 3 is 2.61 bits per heavy atom. The summed E-state index contributed by atoms with van der Waals surface area (Å²) in [5, 5.41) is 11.2. The van der Waals surface area contributed by atoms with Crippen LogP contribution in [0.4, 0.5) is 0 Å². The van der Waals surface area contributed by atoms with Gasteiger partial charge in [0, 0.05) is 47.4 Å². The Bertz CT molecular complexity index is 1310. The van der Waals surface area contributed by atoms with Gasteiger partial charge in [0.15, 0.2) is 0 Å². The van der Waals surface area contributed by atoms with Gasteiger partial charge in [-0.25, -0.2) is 4.68 Å². The zero-order valence-electron chi connectivity index (χ0n) is 20.6. The van der Waals surface area contributed by atoms with Crippen LogP contribution in [0, 0.1) is 0 Å². The normalized spacial score (nSPS) is 15.1. The summed E-state index contributed by atoms with van der Waals surface area (Å²) in [6.45, 7) is 5.34. The Morgan fingerprint density at radius 1 is 1.17 bits per heavy atom. The lowest BCUT2D eigenvalue weighted by Crippen LogP contribution is -2.41. The van der Waals surface area contributed by atoms with Crippen molar-refractivity contribution in [3.05, 3.63) is 74.0 Å². The van der Waals surface area contributed by atoms with Crippen LogP contribution in [-0.2, 0) is 11.3 Å². The van der Waals surface area contributed by atoms with Gasteiger partial charge in [0.25, 0.3) is 11.5 Å². The molecule has 1 unspecified atom stereocenters. The van der Waals surface area contributed by atoms with Crippen LogP contribution < -0.4 is 16.2 Å². The van der Waals surface area contributed by atoms with Crippen LogP contribution in [0.1, 0.15) is 59.7 Å². The Kier molecular flexibility index (Phi) is 8.23. The Morgan fingerprint density at radius 2 is 1.92 bits per heavy atom. The molecule has 2 amide bonds. The van der Waals surface area contributed by atoms with Crippen LogP contribution in [0.5, 0.6) is 0 Å². The summed E-state index contributed by atoms with van der Waals surface area (Å²) in [6.07, 6.45) is 1.26. The van der Waals surface area contributed by atoms with E-state index in [2.05, 4.69) is 15.7 Å². The number of amides is 2. The predicted molar refractivity (Wildman–Crippen MR) is 142 cm³/mol. The van der Waals surface area contributed by atoms with Crippen LogP contribution >= 0.6 is 22.9 Å². The van der Waals surface area contributed by atoms with Gasteiger partial charge in [-0.1, -0.05) is 17.7 Å². The number of nitrogens with zero attached hydrogens (tertiary/aromatic N) is 3. The van der Waals surface area contributed by atoms with E-state index in [1.165, 1.54) is 16.8 Å². The summed E-state index contributed by atoms with van der Waals surface area (Å²) in [5.41, 5.74) is 2.16. The molecule has 2 aromatic heterocycles. The minimum atomic E-state index is -0.342. The van der Waals surface area contributed by atoms with Gasteiger partial charge in [0.05, 0.1) is 12.1 Å². The quantitative estimate of drug-likeness (QED) is 0.484. The lowest BCUT2D eigenvalue weighted by molar-refractivity contribution is -0.130. The fourth-order valence-electron chi connectivity index (χ4n) is 4.43. The molecule has 0 saturated carbocycles. The molecule has 0 radical (unpaired) electrons. The number of carbonyl (C=O) groups is 2. The number of aromatic nitrogens is 2. The number of nitrogens with one attached hydrogen (secondary N) is 2. The van der Waals surface area contributed by atoms with E-state index in [0.717, 1.165) is 27.4 Å². The van der Waals surface area contributed by atoms with Crippen molar-refractivity contribution in [1.29, 1.82) is 0 Å². The Balaban J connectivity index is 1.47. The standard InChI is InChI=1S/C26H30ClN5O3S/c1-16(23-7-8-24(36-23)21-14-19(27)5-4-18(21)15-28-3)29-26(35)22-6-9-25(34)32(30-22)20-10-12-31(13-11-20)17(2)33/h4-9,14,16,20,28H,10-13,15H2,1-3H3,(H,29,35). The molecule has 1 aromatic carbocycles. The average molecular weight is 528 g/mol. The highest BCUT2D eigenvalue weighted by Crippen LogP contribution is 2.35. The number of carbonyl (C=O) groups excluding carboxylic acids is 2. The first-order valence-electron chi connectivity index (χ1n) is 12.0. The first-order valence-corrected chi connectivity index (χ1v) is 13.2. The predicted octanol–water partition coefficient (Wildman–Crippen LogP) is 4.02. The van der Waals surface area contributed by atoms with Gasteiger partial charge in [0.1, 0.15) is 5.69 Å². The van der Waals surface area contributed by atoms with Gasteiger partial charge in [-0.3, -0.25) is 14.4 Å². The van der Waals surface area contributed by atoms with Gasteiger partial charge in [-0.15, -0.1) is 11.3 Å². The molecular weight excluding hydrogens is 498 g/mol. The third-order valence-electron chi connectivity index (χ3n) is 6.42. The molecule has 1 aliphatic rings. The topological polar surface area (TPSA) is 96.3 Å². The lowest BCUT2D eigenvalue weighted by atomic mass is 10.1. The zero-order valence-corrected chi connectivity index (χ0v) is 22.2. The Labute approximate surface area is 219 Å². The highest BCUT2D eigenvalue weighted by molar-refractivity contribution is 7.15. The minimum absolute atomic E-state index is 0.0289. The van der Waals surface area contributed by atoms with Crippen molar-refractivity contribution in [3.8, 4) is 10.4 Å². The lowest BCUT2D eigenvalue weighted by Gasteiger charge is -2.31. The number of halogens is 1. The van der Waals surface area contributed by atoms with Crippen molar-refractivity contribution < 1.29 is 9.59 Å². The van der Waals surface area contributed by atoms with E-state index in [1.54, 1.807) is 23.2 Å². The van der Waals surface area contributed by atoms with E-state index < -0.39 is 0 Å². The molecular formula is C26H30ClN5O3S. The van der Waals surface area contributed by atoms with E-state index in [0.29, 0.717) is 31.0 Å². The molecule has 3 heterocycles. The van der Waals surface area contributed by atoms with Crippen molar-refractivity contribution in [2.45, 2.75) is 45.3 Å². The first-order chi connectivity index (χ1) is 17.3. The summed E-state index contributed by atoms with van der Waals surface area (Å²) >= 11 is 7.85. The summed E-state index contributed by atoms with van der Waals surface area (Å²) in [7, 11) is 1.90. The van der Waals surface area contributed by atoms with Gasteiger partial charge >= 0.3 is 0 Å². The molecule has 2 N–H and O–H groups in total. The van der Waals surface area contributed by atoms with Crippen LogP contribution in [0.15, 0.2) is 47.3 Å². The summed E-state index contributed by atoms with van der Waals surface area (Å²) in [5.74, 6) is -0.313. The average Bonchev–Trinajstić information content (AvgIpc) is 3.36. The molecule has 3 aromatic rings. The van der Waals surface area contributed by atoms with E-state index in [-0.39, 0.29) is 35.2 Å². The maximum absolute atomic E-state index is 13.0. The second-order valence-electron chi connectivity index (χ2n) is 8.97. The summed E-state index contributed by atoms with van der Waals surface area (Å²) in [6, 6.07) is 12.4. The number of hydrogen-bond donors (Lipinski definition) is 2. The number of thiophene rings is 1. The van der Waals surface area contributed by atoms with Crippen molar-refractivity contribution in [2.24, 2.45) is 0 Å². The fraction of sp³-hybridized carbons (Fsp3) is 0.385. The molecule has 0 aliphatic carbocycles. The van der Waals surface area contributed by atoms with Crippen LogP contribution in [0.3, 0.4) is 0 Å². The zero-order chi connectivity index (χ0) is 25.8. The SMILES string of the molecule is CNCc1ccc(Cl)cc1-c1ccc(C(C)NC(=O)c2ccc(=O)n(C3CCN(C(C)=O)CC3)n2)s1. The minimum Gasteiger partial charge on any atom is -0.343 e.